The van der Waals surface area contributed by atoms with Gasteiger partial charge in [-0.25, -0.2) is 4.39 Å². The summed E-state index contributed by atoms with van der Waals surface area (Å²) in [5.41, 5.74) is 8.41. The lowest BCUT2D eigenvalue weighted by Gasteiger charge is -2.33. The molecule has 0 radical (unpaired) electrons. The van der Waals surface area contributed by atoms with Crippen LogP contribution in [0.5, 0.6) is 0 Å². The van der Waals surface area contributed by atoms with Crippen LogP contribution in [0.3, 0.4) is 0 Å². The van der Waals surface area contributed by atoms with Crippen molar-refractivity contribution < 1.29 is 4.39 Å². The third-order valence-corrected chi connectivity index (χ3v) is 4.13. The number of rotatable bonds is 2. The quantitative estimate of drug-likeness (QED) is 0.884. The van der Waals surface area contributed by atoms with Gasteiger partial charge in [-0.1, -0.05) is 6.07 Å². The molecule has 0 saturated carbocycles. The average Bonchev–Trinajstić information content (AvgIpc) is 2.53. The van der Waals surface area contributed by atoms with Gasteiger partial charge in [0.1, 0.15) is 5.82 Å². The normalized spacial score (nSPS) is 24.2. The monoisotopic (exact) mass is 265 g/mol. The van der Waals surface area contributed by atoms with Crippen molar-refractivity contribution >= 4 is 0 Å². The molecule has 0 spiro atoms. The Morgan fingerprint density at radius 2 is 2.05 bits per heavy atom. The maximum absolute atomic E-state index is 13.4. The van der Waals surface area contributed by atoms with Crippen LogP contribution in [0.1, 0.15) is 23.6 Å². The molecule has 1 aromatic carbocycles. The number of halogens is 1. The van der Waals surface area contributed by atoms with Gasteiger partial charge in [0.05, 0.1) is 0 Å². The summed E-state index contributed by atoms with van der Waals surface area (Å²) in [5, 5.41) is 0. The first-order chi connectivity index (χ1) is 8.99. The van der Waals surface area contributed by atoms with Gasteiger partial charge in [0, 0.05) is 18.6 Å². The standard InChI is InChI=1S/C15H24FN3/c1-11-5-6-12(16)9-13(11)15(17)14-10-18(2)7-4-8-19(14)3/h5-6,9,14-15H,4,7-8,10,17H2,1-3H3. The van der Waals surface area contributed by atoms with Gasteiger partial charge in [0.15, 0.2) is 0 Å². The van der Waals surface area contributed by atoms with Crippen LogP contribution in [-0.2, 0) is 0 Å². The van der Waals surface area contributed by atoms with Gasteiger partial charge in [-0.05, 0) is 63.8 Å². The Morgan fingerprint density at radius 1 is 1.32 bits per heavy atom. The van der Waals surface area contributed by atoms with Crippen LogP contribution >= 0.6 is 0 Å². The van der Waals surface area contributed by atoms with Gasteiger partial charge in [-0.3, -0.25) is 0 Å². The molecule has 0 bridgehead atoms. The van der Waals surface area contributed by atoms with Crippen LogP contribution in [-0.4, -0.2) is 49.6 Å². The zero-order valence-electron chi connectivity index (χ0n) is 12.1. The third kappa shape index (κ3) is 3.32. The Hall–Kier alpha value is -0.970. The maximum atomic E-state index is 13.4. The molecular weight excluding hydrogens is 241 g/mol. The van der Waals surface area contributed by atoms with Gasteiger partial charge in [0.25, 0.3) is 0 Å². The van der Waals surface area contributed by atoms with Crippen molar-refractivity contribution in [3.8, 4) is 0 Å². The molecule has 3 nitrogen and oxygen atoms in total. The Kier molecular flexibility index (Phi) is 4.55. The highest BCUT2D eigenvalue weighted by Crippen LogP contribution is 2.24. The fourth-order valence-corrected chi connectivity index (χ4v) is 2.87. The number of likely N-dealkylation sites (N-methyl/N-ethyl adjacent to an activating group) is 2. The molecule has 19 heavy (non-hydrogen) atoms. The van der Waals surface area contributed by atoms with E-state index in [2.05, 4.69) is 23.9 Å². The molecule has 4 heteroatoms. The lowest BCUT2D eigenvalue weighted by atomic mass is 9.95. The summed E-state index contributed by atoms with van der Waals surface area (Å²) >= 11 is 0. The first-order valence-corrected chi connectivity index (χ1v) is 6.89. The van der Waals surface area contributed by atoms with E-state index in [-0.39, 0.29) is 17.9 Å². The Labute approximate surface area is 115 Å². The fraction of sp³-hybridized carbons (Fsp3) is 0.600. The van der Waals surface area contributed by atoms with Crippen molar-refractivity contribution in [1.29, 1.82) is 0 Å². The minimum atomic E-state index is -0.208. The van der Waals surface area contributed by atoms with Crippen LogP contribution in [0.2, 0.25) is 0 Å². The van der Waals surface area contributed by atoms with E-state index in [0.717, 1.165) is 37.2 Å². The number of hydrogen-bond donors (Lipinski definition) is 1. The molecule has 106 valence electrons. The van der Waals surface area contributed by atoms with Gasteiger partial charge in [-0.15, -0.1) is 0 Å². The molecule has 1 aliphatic heterocycles. The molecule has 1 fully saturated rings. The molecule has 2 unspecified atom stereocenters. The van der Waals surface area contributed by atoms with Crippen molar-refractivity contribution in [2.24, 2.45) is 5.73 Å². The van der Waals surface area contributed by atoms with E-state index in [1.165, 1.54) is 6.07 Å². The summed E-state index contributed by atoms with van der Waals surface area (Å²) in [6.07, 6.45) is 1.15. The Morgan fingerprint density at radius 3 is 2.79 bits per heavy atom. The second kappa shape index (κ2) is 5.99. The topological polar surface area (TPSA) is 32.5 Å². The SMILES string of the molecule is Cc1ccc(F)cc1C(N)C1CN(C)CCCN1C. The molecule has 0 aliphatic carbocycles. The third-order valence-electron chi connectivity index (χ3n) is 4.13. The van der Waals surface area contributed by atoms with Gasteiger partial charge >= 0.3 is 0 Å². The highest BCUT2D eigenvalue weighted by molar-refractivity contribution is 5.30. The molecule has 2 atom stereocenters. The molecule has 0 amide bonds. The van der Waals surface area contributed by atoms with Crippen molar-refractivity contribution in [1.82, 2.24) is 9.80 Å². The van der Waals surface area contributed by atoms with E-state index in [1.807, 2.05) is 13.0 Å². The lowest BCUT2D eigenvalue weighted by molar-refractivity contribution is 0.196. The van der Waals surface area contributed by atoms with Gasteiger partial charge in [-0.2, -0.15) is 0 Å². The molecule has 0 aromatic heterocycles. The van der Waals surface area contributed by atoms with Crippen molar-refractivity contribution in [2.75, 3.05) is 33.7 Å². The summed E-state index contributed by atoms with van der Waals surface area (Å²) in [5.74, 6) is -0.208. The molecular formula is C15H24FN3. The minimum absolute atomic E-state index is 0.152. The van der Waals surface area contributed by atoms with Crippen molar-refractivity contribution in [2.45, 2.75) is 25.4 Å². The maximum Gasteiger partial charge on any atom is 0.123 e. The number of nitrogens with zero attached hydrogens (tertiary/aromatic N) is 2. The highest BCUT2D eigenvalue weighted by Gasteiger charge is 2.28. The summed E-state index contributed by atoms with van der Waals surface area (Å²) in [6, 6.07) is 4.97. The van der Waals surface area contributed by atoms with E-state index < -0.39 is 0 Å². The smallest absolute Gasteiger partial charge is 0.123 e. The number of hydrogen-bond acceptors (Lipinski definition) is 3. The largest absolute Gasteiger partial charge is 0.323 e. The van der Waals surface area contributed by atoms with Crippen LogP contribution < -0.4 is 5.73 Å². The second-order valence-electron chi connectivity index (χ2n) is 5.69. The van der Waals surface area contributed by atoms with Crippen molar-refractivity contribution in [3.05, 3.63) is 35.1 Å². The molecule has 1 heterocycles. The summed E-state index contributed by atoms with van der Waals surface area (Å²) in [6.45, 7) is 5.05. The summed E-state index contributed by atoms with van der Waals surface area (Å²) < 4.78 is 13.4. The summed E-state index contributed by atoms with van der Waals surface area (Å²) in [7, 11) is 4.23. The Balaban J connectivity index is 2.25. The zero-order valence-corrected chi connectivity index (χ0v) is 12.1. The van der Waals surface area contributed by atoms with Crippen molar-refractivity contribution in [3.63, 3.8) is 0 Å². The van der Waals surface area contributed by atoms with Crippen LogP contribution in [0, 0.1) is 12.7 Å². The lowest BCUT2D eigenvalue weighted by Crippen LogP contribution is -2.45. The van der Waals surface area contributed by atoms with Gasteiger partial charge < -0.3 is 15.5 Å². The average molecular weight is 265 g/mol. The first kappa shape index (κ1) is 14.4. The highest BCUT2D eigenvalue weighted by atomic mass is 19.1. The molecule has 2 rings (SSSR count). The number of benzene rings is 1. The van der Waals surface area contributed by atoms with E-state index >= 15 is 0 Å². The predicted molar refractivity (Wildman–Crippen MR) is 76.6 cm³/mol. The number of aryl methyl sites for hydroxylation is 1. The second-order valence-corrected chi connectivity index (χ2v) is 5.69. The number of nitrogens with two attached hydrogens (primary N) is 1. The minimum Gasteiger partial charge on any atom is -0.323 e. The van der Waals surface area contributed by atoms with Gasteiger partial charge in [0.2, 0.25) is 0 Å². The van der Waals surface area contributed by atoms with Crippen LogP contribution in [0.4, 0.5) is 4.39 Å². The molecule has 2 N–H and O–H groups in total. The molecule has 1 aromatic rings. The van der Waals surface area contributed by atoms with Crippen LogP contribution in [0.15, 0.2) is 18.2 Å². The Bertz CT molecular complexity index is 435. The van der Waals surface area contributed by atoms with E-state index in [1.54, 1.807) is 6.07 Å². The first-order valence-electron chi connectivity index (χ1n) is 6.89. The molecule has 1 aliphatic rings. The van der Waals surface area contributed by atoms with E-state index in [4.69, 9.17) is 5.73 Å². The molecule has 1 saturated heterocycles. The zero-order chi connectivity index (χ0) is 14.0. The summed E-state index contributed by atoms with van der Waals surface area (Å²) in [4.78, 5) is 4.61. The van der Waals surface area contributed by atoms with Crippen LogP contribution in [0.25, 0.3) is 0 Å². The van der Waals surface area contributed by atoms with E-state index in [0.29, 0.717) is 0 Å². The predicted octanol–water partition coefficient (Wildman–Crippen LogP) is 1.77. The fourth-order valence-electron chi connectivity index (χ4n) is 2.87. The van der Waals surface area contributed by atoms with E-state index in [9.17, 15) is 4.39 Å².